The van der Waals surface area contributed by atoms with E-state index in [2.05, 4.69) is 31.3 Å². The molecule has 1 aliphatic rings. The van der Waals surface area contributed by atoms with Gasteiger partial charge in [0.15, 0.2) is 6.29 Å². The molecule has 9 heteroatoms. The Bertz CT molecular complexity index is 1110. The van der Waals surface area contributed by atoms with E-state index in [1.807, 2.05) is 0 Å². The SMILES string of the molecule is CCCCCCCCC/C=C\CCCCCCCCCC(=O)NC(COC1OC(CO)C(O)C(O)C1O)C(O)CCCCCCCCCCCCCCCCCCCCCCCCCCCCCCC. The zero-order chi connectivity index (χ0) is 50.8. The number of amides is 1. The molecule has 1 rings (SSSR count). The van der Waals surface area contributed by atoms with E-state index in [1.165, 1.54) is 250 Å². The summed E-state index contributed by atoms with van der Waals surface area (Å²) in [4.78, 5) is 13.1. The van der Waals surface area contributed by atoms with Gasteiger partial charge in [0.25, 0.3) is 0 Å². The number of allylic oxidation sites excluding steroid dienone is 2. The fraction of sp³-hybridized carbons (Fsp3) is 0.951. The van der Waals surface area contributed by atoms with Crippen LogP contribution in [0.1, 0.15) is 316 Å². The topological polar surface area (TPSA) is 149 Å². The van der Waals surface area contributed by atoms with E-state index in [0.717, 1.165) is 38.5 Å². The predicted octanol–water partition coefficient (Wildman–Crippen LogP) is 15.6. The lowest BCUT2D eigenvalue weighted by Crippen LogP contribution is -2.60. The van der Waals surface area contributed by atoms with Crippen molar-refractivity contribution in [2.45, 2.75) is 358 Å². The van der Waals surface area contributed by atoms with Crippen LogP contribution in [0.5, 0.6) is 0 Å². The average Bonchev–Trinajstić information content (AvgIpc) is 3.36. The van der Waals surface area contributed by atoms with Gasteiger partial charge in [-0.1, -0.05) is 283 Å². The van der Waals surface area contributed by atoms with Crippen LogP contribution in [0.25, 0.3) is 0 Å². The van der Waals surface area contributed by atoms with Crippen LogP contribution in [0.15, 0.2) is 12.2 Å². The molecule has 1 heterocycles. The van der Waals surface area contributed by atoms with Crippen LogP contribution >= 0.6 is 0 Å². The van der Waals surface area contributed by atoms with Crippen LogP contribution < -0.4 is 5.32 Å². The number of rotatable bonds is 54. The van der Waals surface area contributed by atoms with E-state index in [0.29, 0.717) is 12.8 Å². The Kier molecular flexibility index (Phi) is 49.2. The van der Waals surface area contributed by atoms with E-state index in [4.69, 9.17) is 9.47 Å². The summed E-state index contributed by atoms with van der Waals surface area (Å²) in [5.74, 6) is -0.143. The predicted molar refractivity (Wildman–Crippen MR) is 295 cm³/mol. The van der Waals surface area contributed by atoms with Crippen LogP contribution in [0, 0.1) is 0 Å². The summed E-state index contributed by atoms with van der Waals surface area (Å²) in [5, 5.41) is 54.7. The highest BCUT2D eigenvalue weighted by atomic mass is 16.7. The first-order chi connectivity index (χ1) is 34.3. The molecule has 6 N–H and O–H groups in total. The van der Waals surface area contributed by atoms with Crippen molar-refractivity contribution in [1.82, 2.24) is 5.32 Å². The lowest BCUT2D eigenvalue weighted by molar-refractivity contribution is -0.302. The third-order valence-corrected chi connectivity index (χ3v) is 15.1. The van der Waals surface area contributed by atoms with Crippen LogP contribution in [0.3, 0.4) is 0 Å². The summed E-state index contributed by atoms with van der Waals surface area (Å²) in [5.41, 5.74) is 0. The van der Waals surface area contributed by atoms with E-state index >= 15 is 0 Å². The van der Waals surface area contributed by atoms with E-state index in [1.54, 1.807) is 0 Å². The van der Waals surface area contributed by atoms with Gasteiger partial charge in [0.1, 0.15) is 24.4 Å². The van der Waals surface area contributed by atoms with Gasteiger partial charge in [0, 0.05) is 6.42 Å². The summed E-state index contributed by atoms with van der Waals surface area (Å²) >= 11 is 0. The van der Waals surface area contributed by atoms with Crippen LogP contribution in [-0.4, -0.2) is 87.5 Å². The number of aliphatic hydroxyl groups excluding tert-OH is 5. The Morgan fingerprint density at radius 2 is 0.800 bits per heavy atom. The van der Waals surface area contributed by atoms with Crippen molar-refractivity contribution in [1.29, 1.82) is 0 Å². The van der Waals surface area contributed by atoms with Crippen molar-refractivity contribution < 1.29 is 39.8 Å². The first kappa shape index (κ1) is 66.9. The third-order valence-electron chi connectivity index (χ3n) is 15.1. The van der Waals surface area contributed by atoms with Gasteiger partial charge in [0.05, 0.1) is 25.4 Å². The molecule has 1 fully saturated rings. The normalized spacial score (nSPS) is 19.3. The van der Waals surface area contributed by atoms with Crippen molar-refractivity contribution in [3.63, 3.8) is 0 Å². The second kappa shape index (κ2) is 51.4. The van der Waals surface area contributed by atoms with Crippen LogP contribution in [0.2, 0.25) is 0 Å². The van der Waals surface area contributed by atoms with Crippen molar-refractivity contribution in [3.05, 3.63) is 12.2 Å². The van der Waals surface area contributed by atoms with Gasteiger partial charge in [-0.25, -0.2) is 0 Å². The van der Waals surface area contributed by atoms with E-state index < -0.39 is 49.5 Å². The Labute approximate surface area is 433 Å². The number of hydrogen-bond acceptors (Lipinski definition) is 8. The zero-order valence-corrected chi connectivity index (χ0v) is 46.3. The zero-order valence-electron chi connectivity index (χ0n) is 46.3. The number of carbonyl (C=O) groups excluding carboxylic acids is 1. The minimum atomic E-state index is -1.55. The smallest absolute Gasteiger partial charge is 0.220 e. The molecule has 70 heavy (non-hydrogen) atoms. The van der Waals surface area contributed by atoms with Crippen molar-refractivity contribution in [3.8, 4) is 0 Å². The average molecular weight is 995 g/mol. The summed E-state index contributed by atoms with van der Waals surface area (Å²) in [6.45, 7) is 3.88. The highest BCUT2D eigenvalue weighted by molar-refractivity contribution is 5.76. The lowest BCUT2D eigenvalue weighted by Gasteiger charge is -2.40. The summed E-state index contributed by atoms with van der Waals surface area (Å²) < 4.78 is 11.3. The highest BCUT2D eigenvalue weighted by Crippen LogP contribution is 2.23. The maximum absolute atomic E-state index is 13.1. The second-order valence-corrected chi connectivity index (χ2v) is 21.9. The van der Waals surface area contributed by atoms with E-state index in [9.17, 15) is 30.3 Å². The number of carbonyl (C=O) groups is 1. The Balaban J connectivity index is 2.14. The summed E-state index contributed by atoms with van der Waals surface area (Å²) in [6.07, 6.45) is 56.8. The molecular formula is C61H119NO8. The Morgan fingerprint density at radius 3 is 1.16 bits per heavy atom. The summed E-state index contributed by atoms with van der Waals surface area (Å²) in [7, 11) is 0. The number of hydrogen-bond donors (Lipinski definition) is 6. The number of nitrogens with one attached hydrogen (secondary N) is 1. The molecule has 0 spiro atoms. The fourth-order valence-electron chi connectivity index (χ4n) is 10.2. The second-order valence-electron chi connectivity index (χ2n) is 21.9. The first-order valence-electron chi connectivity index (χ1n) is 30.9. The molecule has 9 nitrogen and oxygen atoms in total. The number of unbranched alkanes of at least 4 members (excludes halogenated alkanes) is 42. The monoisotopic (exact) mass is 994 g/mol. The minimum Gasteiger partial charge on any atom is -0.394 e. The quantitative estimate of drug-likeness (QED) is 0.0261. The molecule has 1 amide bonds. The molecule has 0 bridgehead atoms. The standard InChI is InChI=1S/C61H119NO8/c1-3-5-7-9-11-13-15-17-19-21-23-24-25-26-27-28-29-30-31-32-33-34-36-38-40-42-44-46-48-50-55(64)54(53-69-61-60(68)59(67)58(66)56(52-63)70-61)62-57(65)51-49-47-45-43-41-39-37-35-22-20-18-16-14-12-10-8-6-4-2/h20,22,54-56,58-61,63-64,66-68H,3-19,21,23-53H2,1-2H3,(H,62,65)/b22-20-. The third kappa shape index (κ3) is 40.3. The van der Waals surface area contributed by atoms with Crippen LogP contribution in [0.4, 0.5) is 0 Å². The Morgan fingerprint density at radius 1 is 0.471 bits per heavy atom. The molecule has 7 atom stereocenters. The molecule has 0 saturated carbocycles. The number of ether oxygens (including phenoxy) is 2. The van der Waals surface area contributed by atoms with Crippen molar-refractivity contribution >= 4 is 5.91 Å². The van der Waals surface area contributed by atoms with Gasteiger partial charge in [-0.15, -0.1) is 0 Å². The largest absolute Gasteiger partial charge is 0.394 e. The molecular weight excluding hydrogens is 875 g/mol. The lowest BCUT2D eigenvalue weighted by atomic mass is 9.99. The van der Waals surface area contributed by atoms with Gasteiger partial charge in [-0.05, 0) is 38.5 Å². The minimum absolute atomic E-state index is 0.135. The van der Waals surface area contributed by atoms with Crippen LogP contribution in [-0.2, 0) is 14.3 Å². The van der Waals surface area contributed by atoms with Gasteiger partial charge in [-0.2, -0.15) is 0 Å². The fourth-order valence-corrected chi connectivity index (χ4v) is 10.2. The molecule has 0 aromatic heterocycles. The van der Waals surface area contributed by atoms with Gasteiger partial charge in [-0.3, -0.25) is 4.79 Å². The van der Waals surface area contributed by atoms with E-state index in [-0.39, 0.29) is 12.5 Å². The van der Waals surface area contributed by atoms with Gasteiger partial charge in [0.2, 0.25) is 5.91 Å². The van der Waals surface area contributed by atoms with Gasteiger partial charge >= 0.3 is 0 Å². The van der Waals surface area contributed by atoms with Crippen molar-refractivity contribution in [2.24, 2.45) is 0 Å². The molecule has 0 aliphatic carbocycles. The summed E-state index contributed by atoms with van der Waals surface area (Å²) in [6, 6.07) is -0.719. The Hall–Kier alpha value is -1.07. The molecule has 7 unspecified atom stereocenters. The molecule has 0 aromatic carbocycles. The maximum atomic E-state index is 13.1. The van der Waals surface area contributed by atoms with Gasteiger partial charge < -0.3 is 40.3 Å². The molecule has 1 saturated heterocycles. The molecule has 1 aliphatic heterocycles. The maximum Gasteiger partial charge on any atom is 0.220 e. The molecule has 416 valence electrons. The highest BCUT2D eigenvalue weighted by Gasteiger charge is 2.44. The first-order valence-corrected chi connectivity index (χ1v) is 30.9. The molecule has 0 aromatic rings. The molecule has 0 radical (unpaired) electrons. The van der Waals surface area contributed by atoms with Crippen molar-refractivity contribution in [2.75, 3.05) is 13.2 Å². The number of aliphatic hydroxyl groups is 5.